The number of aliphatic hydroxyl groups excluding tert-OH is 1. The number of allylic oxidation sites excluding steroid dienone is 3. The van der Waals surface area contributed by atoms with Crippen molar-refractivity contribution in [3.05, 3.63) is 88.9 Å². The maximum Gasteiger partial charge on any atom is 0.0845 e. The van der Waals surface area contributed by atoms with E-state index in [1.165, 1.54) is 22.4 Å². The Hall–Kier alpha value is -2.39. The zero-order valence-corrected chi connectivity index (χ0v) is 13.7. The third kappa shape index (κ3) is 3.13. The molecule has 1 aromatic carbocycles. The van der Waals surface area contributed by atoms with Gasteiger partial charge in [0.25, 0.3) is 0 Å². The highest BCUT2D eigenvalue weighted by atomic mass is 16.3. The monoisotopic (exact) mass is 318 g/mol. The first kappa shape index (κ1) is 15.2. The Labute approximate surface area is 143 Å². The van der Waals surface area contributed by atoms with Gasteiger partial charge in [0.15, 0.2) is 0 Å². The third-order valence-electron chi connectivity index (χ3n) is 4.97. The van der Waals surface area contributed by atoms with Gasteiger partial charge in [-0.1, -0.05) is 30.3 Å². The molecule has 0 saturated carbocycles. The maximum absolute atomic E-state index is 10.4. The van der Waals surface area contributed by atoms with Gasteiger partial charge in [0.05, 0.1) is 6.10 Å². The number of hydrogen-bond acceptors (Lipinski definition) is 3. The Morgan fingerprint density at radius 2 is 1.96 bits per heavy atom. The molecule has 0 amide bonds. The van der Waals surface area contributed by atoms with Crippen molar-refractivity contribution < 1.29 is 5.11 Å². The summed E-state index contributed by atoms with van der Waals surface area (Å²) in [7, 11) is 0. The van der Waals surface area contributed by atoms with E-state index in [-0.39, 0.29) is 0 Å². The van der Waals surface area contributed by atoms with E-state index in [1.807, 2.05) is 12.1 Å². The first-order chi connectivity index (χ1) is 11.8. The molecular weight excluding hydrogens is 296 g/mol. The van der Waals surface area contributed by atoms with Crippen molar-refractivity contribution in [1.29, 1.82) is 0 Å². The van der Waals surface area contributed by atoms with Gasteiger partial charge >= 0.3 is 0 Å². The van der Waals surface area contributed by atoms with Gasteiger partial charge in [-0.05, 0) is 53.3 Å². The number of hydrogen-bond donors (Lipinski definition) is 1. The molecule has 0 fully saturated rings. The van der Waals surface area contributed by atoms with Crippen molar-refractivity contribution in [2.75, 3.05) is 13.1 Å². The van der Waals surface area contributed by atoms with E-state index < -0.39 is 6.10 Å². The highest BCUT2D eigenvalue weighted by Gasteiger charge is 2.17. The minimum atomic E-state index is -0.496. The Morgan fingerprint density at radius 1 is 1.12 bits per heavy atom. The molecule has 0 bridgehead atoms. The summed E-state index contributed by atoms with van der Waals surface area (Å²) in [5, 5.41) is 10.4. The van der Waals surface area contributed by atoms with Crippen LogP contribution in [0.25, 0.3) is 0 Å². The Balaban J connectivity index is 1.47. The van der Waals surface area contributed by atoms with Crippen molar-refractivity contribution >= 4 is 0 Å². The van der Waals surface area contributed by atoms with Gasteiger partial charge in [0, 0.05) is 37.6 Å². The van der Waals surface area contributed by atoms with E-state index in [2.05, 4.69) is 46.3 Å². The Kier molecular flexibility index (Phi) is 4.18. The van der Waals surface area contributed by atoms with Crippen LogP contribution in [0.15, 0.2) is 66.7 Å². The molecule has 0 saturated heterocycles. The van der Waals surface area contributed by atoms with E-state index in [1.54, 1.807) is 12.4 Å². The molecule has 3 nitrogen and oxygen atoms in total. The van der Waals surface area contributed by atoms with Gasteiger partial charge in [-0.2, -0.15) is 0 Å². The molecule has 122 valence electrons. The summed E-state index contributed by atoms with van der Waals surface area (Å²) in [6.45, 7) is 2.15. The molecule has 3 heteroatoms. The van der Waals surface area contributed by atoms with Crippen LogP contribution in [0, 0.1) is 0 Å². The summed E-state index contributed by atoms with van der Waals surface area (Å²) in [6, 6.07) is 10.5. The molecule has 0 radical (unpaired) electrons. The second-order valence-electron chi connectivity index (χ2n) is 6.55. The van der Waals surface area contributed by atoms with E-state index >= 15 is 0 Å². The number of aliphatic hydroxyl groups is 1. The molecule has 0 spiro atoms. The van der Waals surface area contributed by atoms with Crippen molar-refractivity contribution in [3.63, 3.8) is 0 Å². The van der Waals surface area contributed by atoms with Crippen LogP contribution in [0.1, 0.15) is 28.4 Å². The Morgan fingerprint density at radius 3 is 2.67 bits per heavy atom. The van der Waals surface area contributed by atoms with Crippen LogP contribution >= 0.6 is 0 Å². The van der Waals surface area contributed by atoms with Crippen LogP contribution in [-0.2, 0) is 19.3 Å². The zero-order valence-electron chi connectivity index (χ0n) is 13.7. The first-order valence-electron chi connectivity index (χ1n) is 8.61. The Bertz CT molecular complexity index is 780. The fourth-order valence-corrected chi connectivity index (χ4v) is 3.47. The second-order valence-corrected chi connectivity index (χ2v) is 6.55. The van der Waals surface area contributed by atoms with Crippen LogP contribution in [0.2, 0.25) is 0 Å². The van der Waals surface area contributed by atoms with E-state index in [4.69, 9.17) is 0 Å². The number of nitrogens with zero attached hydrogens (tertiary/aromatic N) is 2. The van der Waals surface area contributed by atoms with Gasteiger partial charge in [0.2, 0.25) is 0 Å². The number of benzene rings is 1. The topological polar surface area (TPSA) is 36.4 Å². The van der Waals surface area contributed by atoms with Crippen molar-refractivity contribution in [3.8, 4) is 0 Å². The lowest BCUT2D eigenvalue weighted by Crippen LogP contribution is -2.26. The summed E-state index contributed by atoms with van der Waals surface area (Å²) >= 11 is 0. The molecule has 1 N–H and O–H groups in total. The standard InChI is InChI=1S/C21H22N2O/c24-21(19-3-2-10-22-15-19)14-16-6-7-17-8-11-23(20-4-1-5-20)12-9-18(17)13-16/h1-7,10,13,15,21,24H,8-9,11-12,14H2. The van der Waals surface area contributed by atoms with Gasteiger partial charge in [0.1, 0.15) is 0 Å². The van der Waals surface area contributed by atoms with Crippen LogP contribution in [0.4, 0.5) is 0 Å². The predicted molar refractivity (Wildman–Crippen MR) is 95.5 cm³/mol. The van der Waals surface area contributed by atoms with Crippen molar-refractivity contribution in [1.82, 2.24) is 9.88 Å². The predicted octanol–water partition coefficient (Wildman–Crippen LogP) is 3.21. The van der Waals surface area contributed by atoms with E-state index in [0.29, 0.717) is 6.42 Å². The smallest absolute Gasteiger partial charge is 0.0845 e. The number of pyridine rings is 1. The lowest BCUT2D eigenvalue weighted by molar-refractivity contribution is 0.178. The molecule has 1 aromatic heterocycles. The minimum absolute atomic E-state index is 0.496. The molecule has 1 aliphatic carbocycles. The van der Waals surface area contributed by atoms with Crippen molar-refractivity contribution in [2.24, 2.45) is 0 Å². The third-order valence-corrected chi connectivity index (χ3v) is 4.97. The van der Waals surface area contributed by atoms with Crippen LogP contribution in [-0.4, -0.2) is 28.1 Å². The van der Waals surface area contributed by atoms with Gasteiger partial charge in [-0.3, -0.25) is 4.98 Å². The SMILES string of the molecule is OC(Cc1ccc2c(c1)CCN(C1=CC=C1)CC2)c1cccnc1. The fraction of sp³-hybridized carbons (Fsp3) is 0.286. The zero-order chi connectivity index (χ0) is 16.4. The maximum atomic E-state index is 10.4. The van der Waals surface area contributed by atoms with Gasteiger partial charge in [-0.15, -0.1) is 0 Å². The molecule has 4 rings (SSSR count). The van der Waals surface area contributed by atoms with E-state index in [9.17, 15) is 5.11 Å². The quantitative estimate of drug-likeness (QED) is 0.940. The molecule has 2 heterocycles. The summed E-state index contributed by atoms with van der Waals surface area (Å²) in [5.41, 5.74) is 6.30. The summed E-state index contributed by atoms with van der Waals surface area (Å²) in [6.07, 6.45) is 12.2. The first-order valence-corrected chi connectivity index (χ1v) is 8.61. The molecular formula is C21H22N2O. The minimum Gasteiger partial charge on any atom is -0.388 e. The largest absolute Gasteiger partial charge is 0.388 e. The second kappa shape index (κ2) is 6.62. The highest BCUT2D eigenvalue weighted by Crippen LogP contribution is 2.24. The van der Waals surface area contributed by atoms with Gasteiger partial charge in [-0.25, -0.2) is 0 Å². The summed E-state index contributed by atoms with van der Waals surface area (Å²) in [5.74, 6) is 0. The molecule has 1 aliphatic heterocycles. The fourth-order valence-electron chi connectivity index (χ4n) is 3.47. The van der Waals surface area contributed by atoms with E-state index in [0.717, 1.165) is 31.5 Å². The number of fused-ring (bicyclic) bond motifs is 1. The average molecular weight is 318 g/mol. The number of rotatable bonds is 4. The summed E-state index contributed by atoms with van der Waals surface area (Å²) in [4.78, 5) is 6.55. The highest BCUT2D eigenvalue weighted by molar-refractivity contribution is 5.37. The normalized spacial score (nSPS) is 17.5. The van der Waals surface area contributed by atoms with Crippen LogP contribution < -0.4 is 0 Å². The molecule has 2 aliphatic rings. The van der Waals surface area contributed by atoms with Crippen LogP contribution in [0.5, 0.6) is 0 Å². The number of aromatic nitrogens is 1. The van der Waals surface area contributed by atoms with Gasteiger partial charge < -0.3 is 10.0 Å². The summed E-state index contributed by atoms with van der Waals surface area (Å²) < 4.78 is 0. The lowest BCUT2D eigenvalue weighted by Gasteiger charge is -2.26. The average Bonchev–Trinajstić information content (AvgIpc) is 2.77. The van der Waals surface area contributed by atoms with Crippen LogP contribution in [0.3, 0.4) is 0 Å². The molecule has 1 atom stereocenters. The van der Waals surface area contributed by atoms with Crippen molar-refractivity contribution in [2.45, 2.75) is 25.4 Å². The molecule has 24 heavy (non-hydrogen) atoms. The molecule has 1 unspecified atom stereocenters. The lowest BCUT2D eigenvalue weighted by atomic mass is 9.96. The molecule has 2 aromatic rings.